The Balaban J connectivity index is 0.000000541. The van der Waals surface area contributed by atoms with Crippen LogP contribution in [-0.2, 0) is 29.7 Å². The van der Waals surface area contributed by atoms with Crippen LogP contribution < -0.4 is 21.9 Å². The fourth-order valence-electron chi connectivity index (χ4n) is 4.92. The van der Waals surface area contributed by atoms with Gasteiger partial charge in [-0.05, 0) is 32.8 Å². The summed E-state index contributed by atoms with van der Waals surface area (Å²) in [4.78, 5) is 63.7. The third kappa shape index (κ3) is 6.74. The summed E-state index contributed by atoms with van der Waals surface area (Å²) >= 11 is 0. The van der Waals surface area contributed by atoms with E-state index in [1.165, 1.54) is 11.5 Å². The van der Waals surface area contributed by atoms with E-state index in [1.807, 2.05) is 36.1 Å². The van der Waals surface area contributed by atoms with E-state index >= 15 is 0 Å². The minimum Gasteiger partial charge on any atom is -0.475 e. The highest BCUT2D eigenvalue weighted by Crippen LogP contribution is 2.23. The average Bonchev–Trinajstić information content (AvgIpc) is 3.33. The molecule has 1 atom stereocenters. The number of carbonyl (C=O) groups is 2. The molecule has 1 saturated heterocycles. The molecule has 43 heavy (non-hydrogen) atoms. The number of fused-ring (bicyclic) bond motifs is 2. The number of rotatable bonds is 6. The van der Waals surface area contributed by atoms with E-state index in [2.05, 4.69) is 9.97 Å². The van der Waals surface area contributed by atoms with E-state index in [0.29, 0.717) is 18.3 Å². The van der Waals surface area contributed by atoms with Gasteiger partial charge in [0.05, 0.1) is 12.1 Å². The number of ketones is 1. The maximum atomic E-state index is 13.8. The number of carbonyl (C=O) groups excluding carboxylic acids is 1. The Morgan fingerprint density at radius 1 is 1.12 bits per heavy atom. The molecule has 0 amide bonds. The summed E-state index contributed by atoms with van der Waals surface area (Å²) in [6.45, 7) is 4.94. The van der Waals surface area contributed by atoms with Gasteiger partial charge in [0.1, 0.15) is 11.6 Å². The van der Waals surface area contributed by atoms with Crippen LogP contribution in [-0.4, -0.2) is 70.8 Å². The summed E-state index contributed by atoms with van der Waals surface area (Å²) in [6.07, 6.45) is -3.02. The molecule has 5 rings (SSSR count). The van der Waals surface area contributed by atoms with Gasteiger partial charge in [0, 0.05) is 50.2 Å². The first-order valence-electron chi connectivity index (χ1n) is 13.4. The highest BCUT2D eigenvalue weighted by atomic mass is 19.4. The van der Waals surface area contributed by atoms with E-state index in [-0.39, 0.29) is 42.5 Å². The Hall–Kier alpha value is -4.60. The van der Waals surface area contributed by atoms with Gasteiger partial charge >= 0.3 is 17.8 Å². The van der Waals surface area contributed by atoms with Crippen molar-refractivity contribution in [1.29, 1.82) is 0 Å². The number of carboxylic acids is 1. The first-order valence-corrected chi connectivity index (χ1v) is 13.4. The minimum absolute atomic E-state index is 0.00308. The predicted octanol–water partition coefficient (Wildman–Crippen LogP) is 1.74. The molecule has 0 unspecified atom stereocenters. The van der Waals surface area contributed by atoms with Crippen molar-refractivity contribution in [2.75, 3.05) is 18.0 Å². The van der Waals surface area contributed by atoms with E-state index in [9.17, 15) is 27.6 Å². The number of carboxylic acid groups (broad SMARTS) is 1. The van der Waals surface area contributed by atoms with Crippen molar-refractivity contribution in [2.45, 2.75) is 58.4 Å². The molecule has 4 aromatic rings. The van der Waals surface area contributed by atoms with Crippen molar-refractivity contribution in [3.05, 3.63) is 56.6 Å². The molecule has 230 valence electrons. The van der Waals surface area contributed by atoms with Crippen molar-refractivity contribution in [2.24, 2.45) is 12.8 Å². The molecule has 13 nitrogen and oxygen atoms in total. The summed E-state index contributed by atoms with van der Waals surface area (Å²) in [7, 11) is 1.60. The zero-order valence-corrected chi connectivity index (χ0v) is 23.8. The molecule has 1 aliphatic heterocycles. The second kappa shape index (κ2) is 12.3. The number of halogens is 3. The van der Waals surface area contributed by atoms with Crippen LogP contribution in [0.25, 0.3) is 22.1 Å². The Kier molecular flexibility index (Phi) is 8.98. The van der Waals surface area contributed by atoms with Crippen molar-refractivity contribution in [3.63, 3.8) is 0 Å². The lowest BCUT2D eigenvalue weighted by atomic mass is 10.1. The molecule has 0 bridgehead atoms. The third-order valence-corrected chi connectivity index (χ3v) is 7.02. The SMILES string of the molecule is CC(=O)CCn1c(N2CCC[C@@H](N)C2)nc2c1c(=O)n(Cc1nc(C)c3ccccc3n1)c(=O)n2C.O=C(O)C(F)(F)F. The number of aliphatic carboxylic acids is 1. The van der Waals surface area contributed by atoms with Gasteiger partial charge in [-0.3, -0.25) is 18.7 Å². The first-order chi connectivity index (χ1) is 20.2. The largest absolute Gasteiger partial charge is 0.490 e. The fraction of sp³-hybridized carbons (Fsp3) is 0.444. The molecule has 3 aromatic heterocycles. The highest BCUT2D eigenvalue weighted by Gasteiger charge is 2.38. The van der Waals surface area contributed by atoms with Crippen LogP contribution in [0.15, 0.2) is 33.9 Å². The number of piperidine rings is 1. The van der Waals surface area contributed by atoms with Crippen LogP contribution in [0.3, 0.4) is 0 Å². The van der Waals surface area contributed by atoms with Gasteiger partial charge in [-0.1, -0.05) is 18.2 Å². The van der Waals surface area contributed by atoms with Gasteiger partial charge in [-0.2, -0.15) is 18.2 Å². The third-order valence-electron chi connectivity index (χ3n) is 7.02. The summed E-state index contributed by atoms with van der Waals surface area (Å²) in [5.41, 5.74) is 7.32. The molecule has 0 saturated carbocycles. The number of alkyl halides is 3. The van der Waals surface area contributed by atoms with Gasteiger partial charge in [0.25, 0.3) is 5.56 Å². The molecular formula is C27H31F3N8O5. The van der Waals surface area contributed by atoms with Crippen LogP contribution in [0.4, 0.5) is 19.1 Å². The number of Topliss-reactive ketones (excluding diaryl/α,β-unsaturated/α-hetero) is 1. The second-order valence-electron chi connectivity index (χ2n) is 10.3. The zero-order chi connectivity index (χ0) is 31.6. The molecule has 1 aliphatic rings. The Bertz CT molecular complexity index is 1810. The number of aromatic nitrogens is 6. The lowest BCUT2D eigenvalue weighted by molar-refractivity contribution is -0.192. The Morgan fingerprint density at radius 3 is 2.42 bits per heavy atom. The van der Waals surface area contributed by atoms with Crippen molar-refractivity contribution >= 4 is 39.8 Å². The van der Waals surface area contributed by atoms with Crippen LogP contribution in [0.5, 0.6) is 0 Å². The Labute approximate surface area is 242 Å². The standard InChI is InChI=1S/C25H30N8O3.C2HF3O2/c1-15(34)10-12-32-21-22(29-24(32)31-11-6-7-17(26)13-31)30(3)25(36)33(23(21)35)14-20-27-16(2)18-8-4-5-9-19(18)28-20;3-2(4,5)1(6)7/h4-5,8-9,17H,6-7,10-14,26H2,1-3H3;(H,6,7)/t17-;/m1./s1. The highest BCUT2D eigenvalue weighted by molar-refractivity contribution is 5.80. The number of nitrogens with two attached hydrogens (primary N) is 1. The van der Waals surface area contributed by atoms with Gasteiger partial charge in [-0.15, -0.1) is 0 Å². The van der Waals surface area contributed by atoms with Crippen molar-refractivity contribution < 1.29 is 27.9 Å². The predicted molar refractivity (Wildman–Crippen MR) is 151 cm³/mol. The molecule has 16 heteroatoms. The molecular weight excluding hydrogens is 573 g/mol. The number of anilines is 1. The molecule has 3 N–H and O–H groups in total. The number of hydrogen-bond acceptors (Lipinski definition) is 9. The molecule has 1 fully saturated rings. The average molecular weight is 605 g/mol. The maximum Gasteiger partial charge on any atom is 0.490 e. The summed E-state index contributed by atoms with van der Waals surface area (Å²) in [5, 5.41) is 8.05. The van der Waals surface area contributed by atoms with E-state index in [4.69, 9.17) is 20.6 Å². The molecule has 0 radical (unpaired) electrons. The lowest BCUT2D eigenvalue weighted by Crippen LogP contribution is -2.44. The molecule has 0 spiro atoms. The Morgan fingerprint density at radius 2 is 1.79 bits per heavy atom. The first kappa shape index (κ1) is 31.3. The second-order valence-corrected chi connectivity index (χ2v) is 10.3. The smallest absolute Gasteiger partial charge is 0.475 e. The lowest BCUT2D eigenvalue weighted by Gasteiger charge is -2.31. The maximum absolute atomic E-state index is 13.8. The van der Waals surface area contributed by atoms with Gasteiger partial charge < -0.3 is 20.3 Å². The topological polar surface area (TPSA) is 171 Å². The van der Waals surface area contributed by atoms with Crippen LogP contribution in [0, 0.1) is 6.92 Å². The normalized spacial score (nSPS) is 15.4. The number of para-hydroxylation sites is 1. The number of nitrogens with zero attached hydrogens (tertiary/aromatic N) is 7. The van der Waals surface area contributed by atoms with Crippen LogP contribution in [0.1, 0.15) is 37.7 Å². The minimum atomic E-state index is -5.08. The van der Waals surface area contributed by atoms with Crippen molar-refractivity contribution in [3.8, 4) is 0 Å². The molecule has 1 aromatic carbocycles. The zero-order valence-electron chi connectivity index (χ0n) is 23.8. The number of benzene rings is 1. The van der Waals surface area contributed by atoms with Crippen LogP contribution >= 0.6 is 0 Å². The van der Waals surface area contributed by atoms with E-state index in [1.54, 1.807) is 11.6 Å². The quantitative estimate of drug-likeness (QED) is 0.330. The number of hydrogen-bond donors (Lipinski definition) is 2. The summed E-state index contributed by atoms with van der Waals surface area (Å²) in [6, 6.07) is 7.62. The van der Waals surface area contributed by atoms with Gasteiger partial charge in [-0.25, -0.2) is 19.6 Å². The summed E-state index contributed by atoms with van der Waals surface area (Å²) < 4.78 is 36.0. The number of aryl methyl sites for hydroxylation is 3. The fourth-order valence-corrected chi connectivity index (χ4v) is 4.92. The van der Waals surface area contributed by atoms with E-state index < -0.39 is 23.4 Å². The molecule has 0 aliphatic carbocycles. The molecule has 4 heterocycles. The summed E-state index contributed by atoms with van der Waals surface area (Å²) in [5.74, 6) is -1.82. The monoisotopic (exact) mass is 604 g/mol. The van der Waals surface area contributed by atoms with Gasteiger partial charge in [0.2, 0.25) is 5.95 Å². The van der Waals surface area contributed by atoms with Crippen LogP contribution in [0.2, 0.25) is 0 Å². The number of imidazole rings is 1. The van der Waals surface area contributed by atoms with Gasteiger partial charge in [0.15, 0.2) is 11.2 Å². The van der Waals surface area contributed by atoms with Crippen molar-refractivity contribution in [1.82, 2.24) is 28.7 Å². The van der Waals surface area contributed by atoms with E-state index in [0.717, 1.165) is 40.6 Å².